The molecular weight excluding hydrogens is 442 g/mol. The first-order chi connectivity index (χ1) is 16.1. The second-order valence-corrected chi connectivity index (χ2v) is 7.81. The molecule has 0 aliphatic heterocycles. The summed E-state index contributed by atoms with van der Waals surface area (Å²) < 4.78 is 10.3. The maximum atomic E-state index is 12.7. The summed E-state index contributed by atoms with van der Waals surface area (Å²) in [4.78, 5) is 38.2. The smallest absolute Gasteiger partial charge is 0.329 e. The lowest BCUT2D eigenvalue weighted by molar-refractivity contribution is -0.149. The highest BCUT2D eigenvalue weighted by molar-refractivity contribution is 7.99. The fourth-order valence-corrected chi connectivity index (χ4v) is 3.58. The molecule has 2 aromatic carbocycles. The maximum Gasteiger partial charge on any atom is 0.329 e. The average molecular weight is 464 g/mol. The van der Waals surface area contributed by atoms with Crippen LogP contribution in [0.4, 0.5) is 5.69 Å². The van der Waals surface area contributed by atoms with Gasteiger partial charge in [0, 0.05) is 11.3 Å². The van der Waals surface area contributed by atoms with Crippen molar-refractivity contribution < 1.29 is 23.5 Å². The van der Waals surface area contributed by atoms with Gasteiger partial charge >= 0.3 is 5.97 Å². The quantitative estimate of drug-likeness (QED) is 0.349. The lowest BCUT2D eigenvalue weighted by Crippen LogP contribution is -2.44. The van der Waals surface area contributed by atoms with E-state index in [9.17, 15) is 14.4 Å². The van der Waals surface area contributed by atoms with Gasteiger partial charge in [0.05, 0.1) is 23.8 Å². The average Bonchev–Trinajstić information content (AvgIpc) is 3.37. The molecule has 1 heterocycles. The van der Waals surface area contributed by atoms with Crippen molar-refractivity contribution in [2.75, 3.05) is 17.7 Å². The van der Waals surface area contributed by atoms with Crippen molar-refractivity contribution >= 4 is 35.2 Å². The van der Waals surface area contributed by atoms with Gasteiger partial charge in [-0.25, -0.2) is 4.79 Å². The van der Waals surface area contributed by atoms with Crippen LogP contribution in [0, 0.1) is 11.3 Å². The molecule has 2 amide bonds. The van der Waals surface area contributed by atoms with Gasteiger partial charge in [0.25, 0.3) is 11.8 Å². The van der Waals surface area contributed by atoms with E-state index < -0.39 is 30.4 Å². The van der Waals surface area contributed by atoms with Gasteiger partial charge < -0.3 is 19.8 Å². The molecule has 0 saturated heterocycles. The third-order valence-corrected chi connectivity index (χ3v) is 5.36. The second-order valence-electron chi connectivity index (χ2n) is 6.79. The Balaban J connectivity index is 1.62. The Morgan fingerprint density at radius 2 is 1.79 bits per heavy atom. The van der Waals surface area contributed by atoms with Crippen molar-refractivity contribution in [3.05, 3.63) is 84.3 Å². The first-order valence-corrected chi connectivity index (χ1v) is 11.0. The van der Waals surface area contributed by atoms with Crippen LogP contribution in [-0.4, -0.2) is 36.2 Å². The van der Waals surface area contributed by atoms with Crippen LogP contribution in [0.25, 0.3) is 0 Å². The van der Waals surface area contributed by atoms with Crippen molar-refractivity contribution in [2.24, 2.45) is 0 Å². The summed E-state index contributed by atoms with van der Waals surface area (Å²) >= 11 is 1.29. The molecule has 2 N–H and O–H groups in total. The molecule has 8 nitrogen and oxygen atoms in total. The normalized spacial score (nSPS) is 11.1. The van der Waals surface area contributed by atoms with Crippen LogP contribution in [0.5, 0.6) is 0 Å². The van der Waals surface area contributed by atoms with E-state index in [2.05, 4.69) is 10.6 Å². The summed E-state index contributed by atoms with van der Waals surface area (Å²) in [6, 6.07) is 20.2. The van der Waals surface area contributed by atoms with Crippen molar-refractivity contribution in [2.45, 2.75) is 17.4 Å². The first kappa shape index (κ1) is 23.6. The van der Waals surface area contributed by atoms with Crippen molar-refractivity contribution in [1.82, 2.24) is 5.32 Å². The molecule has 0 aliphatic rings. The van der Waals surface area contributed by atoms with E-state index in [1.807, 2.05) is 36.4 Å². The highest BCUT2D eigenvalue weighted by Crippen LogP contribution is 2.26. The fraction of sp³-hybridized carbons (Fsp3) is 0.167. The largest absolute Gasteiger partial charge is 0.459 e. The number of carbonyl (C=O) groups is 3. The minimum Gasteiger partial charge on any atom is -0.459 e. The summed E-state index contributed by atoms with van der Waals surface area (Å²) in [5, 5.41) is 14.1. The van der Waals surface area contributed by atoms with Crippen LogP contribution >= 0.6 is 11.8 Å². The summed E-state index contributed by atoms with van der Waals surface area (Å²) in [5.74, 6) is -1.56. The fourth-order valence-electron chi connectivity index (χ4n) is 2.91. The van der Waals surface area contributed by atoms with E-state index >= 15 is 0 Å². The van der Waals surface area contributed by atoms with Gasteiger partial charge in [-0.3, -0.25) is 9.59 Å². The molecule has 0 saturated carbocycles. The van der Waals surface area contributed by atoms with Crippen LogP contribution in [-0.2, 0) is 20.7 Å². The Morgan fingerprint density at radius 3 is 2.52 bits per heavy atom. The number of ether oxygens (including phenoxy) is 1. The molecule has 1 atom stereocenters. The monoisotopic (exact) mass is 463 g/mol. The molecule has 0 bridgehead atoms. The molecular formula is C24H21N3O5S. The molecule has 3 aromatic rings. The number of hydrogen-bond donors (Lipinski definition) is 2. The zero-order valence-electron chi connectivity index (χ0n) is 17.5. The number of nitrogens with zero attached hydrogens (tertiary/aromatic N) is 1. The topological polar surface area (TPSA) is 121 Å². The Labute approximate surface area is 194 Å². The maximum absolute atomic E-state index is 12.7. The van der Waals surface area contributed by atoms with Gasteiger partial charge in [-0.05, 0) is 29.8 Å². The van der Waals surface area contributed by atoms with Gasteiger partial charge in [-0.15, -0.1) is 11.8 Å². The Hall–Kier alpha value is -4.03. The second kappa shape index (κ2) is 12.1. The van der Waals surface area contributed by atoms with Gasteiger partial charge in [0.2, 0.25) is 0 Å². The van der Waals surface area contributed by atoms with Crippen molar-refractivity contribution in [1.29, 1.82) is 5.26 Å². The van der Waals surface area contributed by atoms with Crippen LogP contribution < -0.4 is 10.6 Å². The van der Waals surface area contributed by atoms with Crippen LogP contribution in [0.1, 0.15) is 16.1 Å². The minimum atomic E-state index is -1.02. The minimum absolute atomic E-state index is 0.0603. The number of benzene rings is 2. The number of nitriles is 1. The molecule has 1 aromatic heterocycles. The predicted octanol–water partition coefficient (Wildman–Crippen LogP) is 3.42. The molecule has 0 radical (unpaired) electrons. The summed E-state index contributed by atoms with van der Waals surface area (Å²) in [5.41, 5.74) is 1.33. The van der Waals surface area contributed by atoms with Crippen molar-refractivity contribution in [3.63, 3.8) is 0 Å². The van der Waals surface area contributed by atoms with E-state index in [1.165, 1.54) is 24.1 Å². The zero-order chi connectivity index (χ0) is 23.5. The van der Waals surface area contributed by atoms with E-state index in [0.29, 0.717) is 5.69 Å². The molecule has 33 heavy (non-hydrogen) atoms. The highest BCUT2D eigenvalue weighted by atomic mass is 32.2. The number of carbonyl (C=O) groups excluding carboxylic acids is 3. The molecule has 168 valence electrons. The Kier molecular flexibility index (Phi) is 8.68. The number of nitrogens with one attached hydrogen (secondary N) is 2. The van der Waals surface area contributed by atoms with E-state index in [4.69, 9.17) is 14.4 Å². The SMILES string of the molecule is N#CCSc1ccccc1NC(=O)COC(=O)C(Cc1ccccc1)NC(=O)c1ccco1. The zero-order valence-corrected chi connectivity index (χ0v) is 18.3. The van der Waals surface area contributed by atoms with Gasteiger partial charge in [0.15, 0.2) is 12.4 Å². The number of rotatable bonds is 10. The molecule has 0 fully saturated rings. The number of anilines is 1. The first-order valence-electron chi connectivity index (χ1n) is 10.0. The molecule has 0 aliphatic carbocycles. The van der Waals surface area contributed by atoms with E-state index in [1.54, 1.807) is 30.3 Å². The van der Waals surface area contributed by atoms with Gasteiger partial charge in [0.1, 0.15) is 6.04 Å². The summed E-state index contributed by atoms with van der Waals surface area (Å²) in [6.07, 6.45) is 1.54. The summed E-state index contributed by atoms with van der Waals surface area (Å²) in [6.45, 7) is -0.530. The predicted molar refractivity (Wildman–Crippen MR) is 122 cm³/mol. The van der Waals surface area contributed by atoms with Crippen LogP contribution in [0.3, 0.4) is 0 Å². The number of hydrogen-bond acceptors (Lipinski definition) is 7. The Morgan fingerprint density at radius 1 is 1.03 bits per heavy atom. The number of para-hydroxylation sites is 1. The lowest BCUT2D eigenvalue weighted by atomic mass is 10.1. The number of amides is 2. The number of furan rings is 1. The number of thioether (sulfide) groups is 1. The van der Waals surface area contributed by atoms with Gasteiger partial charge in [-0.1, -0.05) is 42.5 Å². The van der Waals surface area contributed by atoms with Gasteiger partial charge in [-0.2, -0.15) is 5.26 Å². The molecule has 1 unspecified atom stereocenters. The molecule has 3 rings (SSSR count). The Bertz CT molecular complexity index is 1130. The van der Waals surface area contributed by atoms with Crippen LogP contribution in [0.15, 0.2) is 82.3 Å². The van der Waals surface area contributed by atoms with Crippen LogP contribution in [0.2, 0.25) is 0 Å². The summed E-state index contributed by atoms with van der Waals surface area (Å²) in [7, 11) is 0. The highest BCUT2D eigenvalue weighted by Gasteiger charge is 2.25. The molecule has 9 heteroatoms. The third-order valence-electron chi connectivity index (χ3n) is 4.42. The lowest BCUT2D eigenvalue weighted by Gasteiger charge is -2.17. The molecule has 0 spiro atoms. The van der Waals surface area contributed by atoms with Crippen molar-refractivity contribution in [3.8, 4) is 6.07 Å². The standard InChI is InChI=1S/C24H21N3O5S/c25-12-14-33-21-11-5-4-9-18(21)26-22(28)16-32-24(30)19(15-17-7-2-1-3-8-17)27-23(29)20-10-6-13-31-20/h1-11,13,19H,14-16H2,(H,26,28)(H,27,29). The third kappa shape index (κ3) is 7.26. The van der Waals surface area contributed by atoms with E-state index in [-0.39, 0.29) is 17.9 Å². The number of esters is 1. The van der Waals surface area contributed by atoms with E-state index in [0.717, 1.165) is 10.5 Å².